The molecular formula is C14H17N7. The van der Waals surface area contributed by atoms with Gasteiger partial charge < -0.3 is 9.47 Å². The Morgan fingerprint density at radius 2 is 2.33 bits per heavy atom. The van der Waals surface area contributed by atoms with Gasteiger partial charge in [-0.2, -0.15) is 10.1 Å². The van der Waals surface area contributed by atoms with Gasteiger partial charge in [-0.15, -0.1) is 0 Å². The number of nitrogens with zero attached hydrogens (tertiary/aromatic N) is 6. The number of aromatic nitrogens is 6. The molecule has 7 nitrogen and oxygen atoms in total. The molecule has 7 heteroatoms. The Hall–Kier alpha value is -2.44. The molecule has 1 atom stereocenters. The molecule has 0 aliphatic carbocycles. The highest BCUT2D eigenvalue weighted by Crippen LogP contribution is 2.22. The van der Waals surface area contributed by atoms with Gasteiger partial charge in [0.2, 0.25) is 5.95 Å². The van der Waals surface area contributed by atoms with Crippen LogP contribution in [0.15, 0.2) is 31.1 Å². The maximum absolute atomic E-state index is 4.57. The van der Waals surface area contributed by atoms with Gasteiger partial charge in [-0.1, -0.05) is 0 Å². The molecule has 1 saturated heterocycles. The number of fused-ring (bicyclic) bond motifs is 1. The van der Waals surface area contributed by atoms with Gasteiger partial charge in [-0.05, 0) is 18.8 Å². The van der Waals surface area contributed by atoms with E-state index in [4.69, 9.17) is 0 Å². The number of aromatic amines is 1. The van der Waals surface area contributed by atoms with Crippen LogP contribution in [0.2, 0.25) is 0 Å². The van der Waals surface area contributed by atoms with E-state index < -0.39 is 0 Å². The number of imidazole rings is 1. The smallest absolute Gasteiger partial charge is 0.227 e. The molecule has 0 radical (unpaired) electrons. The first-order chi connectivity index (χ1) is 10.4. The van der Waals surface area contributed by atoms with Gasteiger partial charge in [0.1, 0.15) is 0 Å². The van der Waals surface area contributed by atoms with E-state index in [9.17, 15) is 0 Å². The quantitative estimate of drug-likeness (QED) is 0.787. The second-order valence-electron chi connectivity index (χ2n) is 5.56. The van der Waals surface area contributed by atoms with Gasteiger partial charge in [-0.3, -0.25) is 5.10 Å². The van der Waals surface area contributed by atoms with E-state index in [0.29, 0.717) is 5.92 Å². The maximum Gasteiger partial charge on any atom is 0.227 e. The normalized spacial score (nSPS) is 19.2. The molecule has 0 saturated carbocycles. The fraction of sp³-hybridized carbons (Fsp3) is 0.429. The lowest BCUT2D eigenvalue weighted by Gasteiger charge is -2.32. The number of H-pyrrole nitrogens is 1. The van der Waals surface area contributed by atoms with E-state index >= 15 is 0 Å². The molecule has 0 amide bonds. The minimum Gasteiger partial charge on any atom is -0.340 e. The summed E-state index contributed by atoms with van der Waals surface area (Å²) in [6, 6.07) is 0. The highest BCUT2D eigenvalue weighted by molar-refractivity contribution is 5.73. The molecule has 1 aliphatic rings. The van der Waals surface area contributed by atoms with Gasteiger partial charge >= 0.3 is 0 Å². The Balaban J connectivity index is 1.51. The molecular weight excluding hydrogens is 266 g/mol. The van der Waals surface area contributed by atoms with Crippen molar-refractivity contribution in [2.75, 3.05) is 18.0 Å². The van der Waals surface area contributed by atoms with Crippen molar-refractivity contribution in [3.8, 4) is 0 Å². The largest absolute Gasteiger partial charge is 0.340 e. The molecule has 0 spiro atoms. The molecule has 3 aromatic heterocycles. The molecule has 3 aromatic rings. The van der Waals surface area contributed by atoms with Gasteiger partial charge in [0, 0.05) is 38.2 Å². The van der Waals surface area contributed by atoms with Crippen LogP contribution in [-0.2, 0) is 6.54 Å². The standard InChI is InChI=1S/C14H17N7/c1-2-11(8-20-5-3-15-10-20)9-21(4-1)14-16-6-12-7-17-19-13(12)18-14/h3,5-7,10-11H,1-2,4,8-9H2,(H,16,17,18,19). The zero-order valence-corrected chi connectivity index (χ0v) is 11.7. The molecule has 4 heterocycles. The highest BCUT2D eigenvalue weighted by Gasteiger charge is 2.22. The third kappa shape index (κ3) is 2.46. The minimum atomic E-state index is 0.606. The number of anilines is 1. The zero-order valence-electron chi connectivity index (χ0n) is 11.7. The van der Waals surface area contributed by atoms with Crippen molar-refractivity contribution in [1.82, 2.24) is 29.7 Å². The summed E-state index contributed by atoms with van der Waals surface area (Å²) in [5.74, 6) is 1.40. The Morgan fingerprint density at radius 3 is 3.24 bits per heavy atom. The SMILES string of the molecule is c1cn(CC2CCCN(c3ncc4cn[nH]c4n3)C2)cn1. The van der Waals surface area contributed by atoms with Crippen LogP contribution in [0.1, 0.15) is 12.8 Å². The third-order valence-corrected chi connectivity index (χ3v) is 4.01. The van der Waals surface area contributed by atoms with Gasteiger partial charge in [0.15, 0.2) is 5.65 Å². The van der Waals surface area contributed by atoms with Crippen molar-refractivity contribution in [3.63, 3.8) is 0 Å². The minimum absolute atomic E-state index is 0.606. The summed E-state index contributed by atoms with van der Waals surface area (Å²) in [4.78, 5) is 15.4. The van der Waals surface area contributed by atoms with E-state index in [1.807, 2.05) is 24.9 Å². The predicted molar refractivity (Wildman–Crippen MR) is 78.8 cm³/mol. The molecule has 1 N–H and O–H groups in total. The first-order valence-electron chi connectivity index (χ1n) is 7.25. The number of hydrogen-bond acceptors (Lipinski definition) is 5. The van der Waals surface area contributed by atoms with Gasteiger partial charge in [0.25, 0.3) is 0 Å². The van der Waals surface area contributed by atoms with Crippen molar-refractivity contribution in [1.29, 1.82) is 0 Å². The molecule has 1 unspecified atom stereocenters. The average Bonchev–Trinajstić information content (AvgIpc) is 3.17. The lowest BCUT2D eigenvalue weighted by molar-refractivity contribution is 0.364. The monoisotopic (exact) mass is 283 g/mol. The summed E-state index contributed by atoms with van der Waals surface area (Å²) in [6.07, 6.45) is 11.7. The third-order valence-electron chi connectivity index (χ3n) is 4.01. The highest BCUT2D eigenvalue weighted by atomic mass is 15.3. The molecule has 1 aliphatic heterocycles. The summed E-state index contributed by atoms with van der Waals surface area (Å²) in [5, 5.41) is 7.85. The van der Waals surface area contributed by atoms with Crippen LogP contribution in [0, 0.1) is 5.92 Å². The summed E-state index contributed by atoms with van der Waals surface area (Å²) < 4.78 is 2.15. The number of piperidine rings is 1. The molecule has 21 heavy (non-hydrogen) atoms. The van der Waals surface area contributed by atoms with Crippen LogP contribution in [-0.4, -0.2) is 42.8 Å². The summed E-state index contributed by atoms with van der Waals surface area (Å²) in [7, 11) is 0. The lowest BCUT2D eigenvalue weighted by Crippen LogP contribution is -2.38. The summed E-state index contributed by atoms with van der Waals surface area (Å²) in [6.45, 7) is 3.00. The molecule has 0 aromatic carbocycles. The van der Waals surface area contributed by atoms with Crippen LogP contribution in [0.4, 0.5) is 5.95 Å². The van der Waals surface area contributed by atoms with E-state index in [2.05, 4.69) is 34.6 Å². The van der Waals surface area contributed by atoms with Crippen molar-refractivity contribution in [2.24, 2.45) is 5.92 Å². The average molecular weight is 283 g/mol. The van der Waals surface area contributed by atoms with Gasteiger partial charge in [-0.25, -0.2) is 9.97 Å². The maximum atomic E-state index is 4.57. The zero-order chi connectivity index (χ0) is 14.1. The molecule has 4 rings (SSSR count). The Labute approximate surface area is 122 Å². The van der Waals surface area contributed by atoms with E-state index in [-0.39, 0.29) is 0 Å². The predicted octanol–water partition coefficient (Wildman–Crippen LogP) is 1.47. The molecule has 1 fully saturated rings. The van der Waals surface area contributed by atoms with E-state index in [1.54, 1.807) is 6.20 Å². The second-order valence-corrected chi connectivity index (χ2v) is 5.56. The van der Waals surface area contributed by atoms with Crippen molar-refractivity contribution in [2.45, 2.75) is 19.4 Å². The Kier molecular flexibility index (Phi) is 3.02. The van der Waals surface area contributed by atoms with E-state index in [0.717, 1.165) is 36.6 Å². The Bertz CT molecular complexity index is 718. The number of hydrogen-bond donors (Lipinski definition) is 1. The first-order valence-corrected chi connectivity index (χ1v) is 7.25. The molecule has 0 bridgehead atoms. The van der Waals surface area contributed by atoms with Gasteiger partial charge in [0.05, 0.1) is 17.9 Å². The lowest BCUT2D eigenvalue weighted by atomic mass is 9.98. The van der Waals surface area contributed by atoms with E-state index in [1.165, 1.54) is 12.8 Å². The second kappa shape index (κ2) is 5.16. The Morgan fingerprint density at radius 1 is 1.33 bits per heavy atom. The fourth-order valence-electron chi connectivity index (χ4n) is 2.97. The van der Waals surface area contributed by atoms with Crippen molar-refractivity contribution in [3.05, 3.63) is 31.1 Å². The number of nitrogens with one attached hydrogen (secondary N) is 1. The summed E-state index contributed by atoms with van der Waals surface area (Å²) in [5.41, 5.74) is 0.803. The van der Waals surface area contributed by atoms with Crippen LogP contribution >= 0.6 is 0 Å². The first kappa shape index (κ1) is 12.3. The van der Waals surface area contributed by atoms with Crippen molar-refractivity contribution < 1.29 is 0 Å². The van der Waals surface area contributed by atoms with Crippen LogP contribution in [0.5, 0.6) is 0 Å². The van der Waals surface area contributed by atoms with Crippen LogP contribution < -0.4 is 4.90 Å². The van der Waals surface area contributed by atoms with Crippen molar-refractivity contribution >= 4 is 17.0 Å². The van der Waals surface area contributed by atoms with Crippen LogP contribution in [0.25, 0.3) is 11.0 Å². The summed E-state index contributed by atoms with van der Waals surface area (Å²) >= 11 is 0. The fourth-order valence-corrected chi connectivity index (χ4v) is 2.97. The van der Waals surface area contributed by atoms with Crippen LogP contribution in [0.3, 0.4) is 0 Å². The number of rotatable bonds is 3. The molecule has 108 valence electrons. The topological polar surface area (TPSA) is 75.5 Å².